The lowest BCUT2D eigenvalue weighted by molar-refractivity contribution is 0.176. The minimum atomic E-state index is 0.611. The molecule has 4 heteroatoms. The molecule has 134 valence electrons. The predicted molar refractivity (Wildman–Crippen MR) is 103 cm³/mol. The highest BCUT2D eigenvalue weighted by atomic mass is 15.2. The summed E-state index contributed by atoms with van der Waals surface area (Å²) in [6.07, 6.45) is 2.72. The van der Waals surface area contributed by atoms with E-state index in [4.69, 9.17) is 0 Å². The molecule has 0 saturated carbocycles. The van der Waals surface area contributed by atoms with Crippen LogP contribution in [0.3, 0.4) is 0 Å². The van der Waals surface area contributed by atoms with Crippen LogP contribution in [0.2, 0.25) is 0 Å². The summed E-state index contributed by atoms with van der Waals surface area (Å²) in [6, 6.07) is 8.98. The van der Waals surface area contributed by atoms with Gasteiger partial charge in [0.2, 0.25) is 0 Å². The molecule has 0 spiro atoms. The van der Waals surface area contributed by atoms with Gasteiger partial charge in [-0.3, -0.25) is 9.89 Å². The van der Waals surface area contributed by atoms with Gasteiger partial charge in [0.1, 0.15) is 0 Å². The highest BCUT2D eigenvalue weighted by Gasteiger charge is 2.16. The molecule has 0 amide bonds. The quantitative estimate of drug-likeness (QED) is 0.621. The highest BCUT2D eigenvalue weighted by molar-refractivity contribution is 5.79. The summed E-state index contributed by atoms with van der Waals surface area (Å²) in [5, 5.41) is 6.72. The Morgan fingerprint density at radius 3 is 2.54 bits per heavy atom. The molecule has 1 atom stereocenters. The smallest absolute Gasteiger partial charge is 0.191 e. The molecule has 1 heterocycles. The second-order valence-corrected chi connectivity index (χ2v) is 7.50. The maximum absolute atomic E-state index is 4.26. The number of nitrogens with zero attached hydrogens (tertiary/aromatic N) is 2. The van der Waals surface area contributed by atoms with E-state index in [0.717, 1.165) is 31.5 Å². The van der Waals surface area contributed by atoms with Gasteiger partial charge in [-0.2, -0.15) is 0 Å². The van der Waals surface area contributed by atoms with Gasteiger partial charge in [-0.25, -0.2) is 0 Å². The molecular formula is C20H34N4. The Morgan fingerprint density at radius 2 is 1.92 bits per heavy atom. The molecule has 24 heavy (non-hydrogen) atoms. The Bertz CT molecular complexity index is 507. The van der Waals surface area contributed by atoms with E-state index < -0.39 is 0 Å². The summed E-state index contributed by atoms with van der Waals surface area (Å²) in [5.41, 5.74) is 2.70. The van der Waals surface area contributed by atoms with Gasteiger partial charge >= 0.3 is 0 Å². The largest absolute Gasteiger partial charge is 0.356 e. The van der Waals surface area contributed by atoms with Crippen molar-refractivity contribution in [3.63, 3.8) is 0 Å². The van der Waals surface area contributed by atoms with Crippen LogP contribution >= 0.6 is 0 Å². The number of piperidine rings is 1. The summed E-state index contributed by atoms with van der Waals surface area (Å²) in [5.74, 6) is 2.32. The molecule has 2 rings (SSSR count). The first-order chi connectivity index (χ1) is 11.6. The van der Waals surface area contributed by atoms with Crippen LogP contribution in [0.25, 0.3) is 0 Å². The highest BCUT2D eigenvalue weighted by Crippen LogP contribution is 2.18. The Balaban J connectivity index is 1.79. The van der Waals surface area contributed by atoms with Crippen molar-refractivity contribution in [3.8, 4) is 0 Å². The van der Waals surface area contributed by atoms with Crippen LogP contribution in [0.1, 0.15) is 44.7 Å². The first kappa shape index (κ1) is 18.8. The molecule has 0 radical (unpaired) electrons. The van der Waals surface area contributed by atoms with Crippen molar-refractivity contribution in [3.05, 3.63) is 35.4 Å². The molecule has 1 aromatic carbocycles. The number of hydrogen-bond donors (Lipinski definition) is 2. The summed E-state index contributed by atoms with van der Waals surface area (Å²) in [4.78, 5) is 6.85. The van der Waals surface area contributed by atoms with Crippen molar-refractivity contribution in [1.29, 1.82) is 0 Å². The van der Waals surface area contributed by atoms with E-state index in [9.17, 15) is 0 Å². The minimum absolute atomic E-state index is 0.611. The molecule has 0 aliphatic carbocycles. The Kier molecular flexibility index (Phi) is 7.57. The van der Waals surface area contributed by atoms with Crippen molar-refractivity contribution in [2.24, 2.45) is 16.8 Å². The average Bonchev–Trinajstić information content (AvgIpc) is 2.56. The Morgan fingerprint density at radius 1 is 1.21 bits per heavy atom. The zero-order valence-corrected chi connectivity index (χ0v) is 15.8. The van der Waals surface area contributed by atoms with E-state index in [1.165, 1.54) is 37.1 Å². The lowest BCUT2D eigenvalue weighted by Crippen LogP contribution is -2.38. The number of aliphatic imine (C=N–C) groups is 1. The fourth-order valence-corrected chi connectivity index (χ4v) is 3.16. The number of benzene rings is 1. The average molecular weight is 331 g/mol. The van der Waals surface area contributed by atoms with Crippen LogP contribution in [-0.2, 0) is 13.1 Å². The van der Waals surface area contributed by atoms with Gasteiger partial charge in [0.05, 0.1) is 0 Å². The van der Waals surface area contributed by atoms with E-state index in [-0.39, 0.29) is 0 Å². The van der Waals surface area contributed by atoms with E-state index in [0.29, 0.717) is 5.92 Å². The Labute approximate surface area is 147 Å². The third kappa shape index (κ3) is 6.52. The fraction of sp³-hybridized carbons (Fsp3) is 0.650. The predicted octanol–water partition coefficient (Wildman–Crippen LogP) is 3.24. The SMILES string of the molecule is CN=C(NCc1ccc(CN2CCCC(C)C2)cc1)NCC(C)C. The van der Waals surface area contributed by atoms with Crippen LogP contribution in [-0.4, -0.2) is 37.5 Å². The van der Waals surface area contributed by atoms with E-state index in [2.05, 4.69) is 65.6 Å². The summed E-state index contributed by atoms with van der Waals surface area (Å²) >= 11 is 0. The lowest BCUT2D eigenvalue weighted by atomic mass is 9.99. The van der Waals surface area contributed by atoms with Crippen LogP contribution in [0, 0.1) is 11.8 Å². The molecule has 1 fully saturated rings. The first-order valence-electron chi connectivity index (χ1n) is 9.31. The zero-order valence-electron chi connectivity index (χ0n) is 15.8. The van der Waals surface area contributed by atoms with Crippen molar-refractivity contribution in [2.45, 2.75) is 46.7 Å². The molecule has 1 aromatic rings. The third-order valence-electron chi connectivity index (χ3n) is 4.53. The van der Waals surface area contributed by atoms with Gasteiger partial charge in [-0.15, -0.1) is 0 Å². The number of likely N-dealkylation sites (tertiary alicyclic amines) is 1. The van der Waals surface area contributed by atoms with Crippen molar-refractivity contribution >= 4 is 5.96 Å². The molecule has 1 saturated heterocycles. The molecule has 4 nitrogen and oxygen atoms in total. The molecule has 0 aromatic heterocycles. The summed E-state index contributed by atoms with van der Waals surface area (Å²) in [6.45, 7) is 12.1. The Hall–Kier alpha value is -1.55. The van der Waals surface area contributed by atoms with Gasteiger partial charge in [-0.05, 0) is 42.3 Å². The number of rotatable bonds is 6. The first-order valence-corrected chi connectivity index (χ1v) is 9.31. The number of nitrogens with one attached hydrogen (secondary N) is 2. The molecule has 1 aliphatic heterocycles. The van der Waals surface area contributed by atoms with Crippen LogP contribution in [0.5, 0.6) is 0 Å². The van der Waals surface area contributed by atoms with E-state index >= 15 is 0 Å². The van der Waals surface area contributed by atoms with Crippen molar-refractivity contribution in [1.82, 2.24) is 15.5 Å². The number of guanidine groups is 1. The second kappa shape index (κ2) is 9.67. The monoisotopic (exact) mass is 330 g/mol. The van der Waals surface area contributed by atoms with Gasteiger partial charge in [0, 0.05) is 33.2 Å². The molecule has 1 unspecified atom stereocenters. The maximum atomic E-state index is 4.26. The second-order valence-electron chi connectivity index (χ2n) is 7.50. The zero-order chi connectivity index (χ0) is 17.4. The molecule has 2 N–H and O–H groups in total. The third-order valence-corrected chi connectivity index (χ3v) is 4.53. The van der Waals surface area contributed by atoms with Crippen LogP contribution in [0.4, 0.5) is 0 Å². The number of hydrogen-bond acceptors (Lipinski definition) is 2. The molecule has 1 aliphatic rings. The topological polar surface area (TPSA) is 39.7 Å². The van der Waals surface area contributed by atoms with Gasteiger partial charge < -0.3 is 10.6 Å². The van der Waals surface area contributed by atoms with Crippen LogP contribution in [0.15, 0.2) is 29.3 Å². The van der Waals surface area contributed by atoms with E-state index in [1.807, 2.05) is 7.05 Å². The fourth-order valence-electron chi connectivity index (χ4n) is 3.16. The van der Waals surface area contributed by atoms with Gasteiger partial charge in [0.25, 0.3) is 0 Å². The molecule has 0 bridgehead atoms. The standard InChI is InChI=1S/C20H34N4/c1-16(2)12-22-20(21-4)23-13-18-7-9-19(10-8-18)15-24-11-5-6-17(3)14-24/h7-10,16-17H,5-6,11-15H2,1-4H3,(H2,21,22,23). The van der Waals surface area contributed by atoms with Gasteiger partial charge in [-0.1, -0.05) is 45.0 Å². The van der Waals surface area contributed by atoms with Crippen molar-refractivity contribution < 1.29 is 0 Å². The van der Waals surface area contributed by atoms with Crippen molar-refractivity contribution in [2.75, 3.05) is 26.7 Å². The lowest BCUT2D eigenvalue weighted by Gasteiger charge is -2.30. The van der Waals surface area contributed by atoms with Gasteiger partial charge in [0.15, 0.2) is 5.96 Å². The minimum Gasteiger partial charge on any atom is -0.356 e. The molecular weight excluding hydrogens is 296 g/mol. The summed E-state index contributed by atoms with van der Waals surface area (Å²) in [7, 11) is 1.82. The maximum Gasteiger partial charge on any atom is 0.191 e. The normalized spacial score (nSPS) is 19.5. The summed E-state index contributed by atoms with van der Waals surface area (Å²) < 4.78 is 0. The van der Waals surface area contributed by atoms with Crippen LogP contribution < -0.4 is 10.6 Å². The van der Waals surface area contributed by atoms with E-state index in [1.54, 1.807) is 0 Å².